The largest absolute Gasteiger partial charge is 0.416 e. The van der Waals surface area contributed by atoms with Gasteiger partial charge in [-0.3, -0.25) is 13.8 Å². The lowest BCUT2D eigenvalue weighted by atomic mass is 10.2. The monoisotopic (exact) mass is 607 g/mol. The molecule has 0 heterocycles. The standard InChI is InChI=1S/C27H21F4N3O5S2/c28-20-9-11-22(12-10-20)33-40(36,37)24-15-13-21(14-16-24)32-26(35)18-34(41(38,39)25-7-2-1-3-8-25)23-6-4-5-19(17-23)27(29,30)31/h1-17,33H,18H2,(H,32,35). The first kappa shape index (κ1) is 29.6. The van der Waals surface area contributed by atoms with Crippen molar-refractivity contribution in [2.45, 2.75) is 16.0 Å². The Balaban J connectivity index is 1.56. The molecule has 14 heteroatoms. The van der Waals surface area contributed by atoms with Crippen LogP contribution in [-0.2, 0) is 31.0 Å². The van der Waals surface area contributed by atoms with Crippen LogP contribution in [0.4, 0.5) is 34.6 Å². The molecule has 0 saturated heterocycles. The Morgan fingerprint density at radius 2 is 1.34 bits per heavy atom. The summed E-state index contributed by atoms with van der Waals surface area (Å²) in [5.74, 6) is -1.45. The lowest BCUT2D eigenvalue weighted by molar-refractivity contribution is -0.137. The molecule has 0 fully saturated rings. The van der Waals surface area contributed by atoms with Crippen LogP contribution < -0.4 is 14.3 Å². The van der Waals surface area contributed by atoms with Crippen LogP contribution in [0.1, 0.15) is 5.56 Å². The van der Waals surface area contributed by atoms with Crippen LogP contribution in [0.25, 0.3) is 0 Å². The highest BCUT2D eigenvalue weighted by atomic mass is 32.2. The fraction of sp³-hybridized carbons (Fsp3) is 0.0741. The third-order valence-corrected chi connectivity index (χ3v) is 8.81. The van der Waals surface area contributed by atoms with E-state index in [-0.39, 0.29) is 26.9 Å². The van der Waals surface area contributed by atoms with Crippen LogP contribution >= 0.6 is 0 Å². The van der Waals surface area contributed by atoms with Crippen LogP contribution in [0.15, 0.2) is 113 Å². The molecule has 0 saturated carbocycles. The minimum Gasteiger partial charge on any atom is -0.325 e. The van der Waals surface area contributed by atoms with Gasteiger partial charge >= 0.3 is 6.18 Å². The quantitative estimate of drug-likeness (QED) is 0.245. The van der Waals surface area contributed by atoms with Crippen molar-refractivity contribution in [2.75, 3.05) is 20.9 Å². The highest BCUT2D eigenvalue weighted by Gasteiger charge is 2.33. The predicted octanol–water partition coefficient (Wildman–Crippen LogP) is 5.48. The van der Waals surface area contributed by atoms with Gasteiger partial charge < -0.3 is 5.32 Å². The molecule has 41 heavy (non-hydrogen) atoms. The number of amides is 1. The minimum atomic E-state index is -4.76. The SMILES string of the molecule is O=C(CN(c1cccc(C(F)(F)F)c1)S(=O)(=O)c1ccccc1)Nc1ccc(S(=O)(=O)Nc2ccc(F)cc2)cc1. The number of halogens is 4. The van der Waals surface area contributed by atoms with E-state index in [0.717, 1.165) is 30.3 Å². The summed E-state index contributed by atoms with van der Waals surface area (Å²) in [5.41, 5.74) is -1.27. The summed E-state index contributed by atoms with van der Waals surface area (Å²) in [6.07, 6.45) is -4.76. The van der Waals surface area contributed by atoms with Gasteiger partial charge in [0.2, 0.25) is 5.91 Å². The number of rotatable bonds is 9. The first-order valence-corrected chi connectivity index (χ1v) is 14.6. The molecule has 0 aliphatic heterocycles. The number of nitrogens with one attached hydrogen (secondary N) is 2. The summed E-state index contributed by atoms with van der Waals surface area (Å²) < 4.78 is 108. The summed E-state index contributed by atoms with van der Waals surface area (Å²) >= 11 is 0. The normalized spacial score (nSPS) is 12.0. The van der Waals surface area contributed by atoms with E-state index >= 15 is 0 Å². The summed E-state index contributed by atoms with van der Waals surface area (Å²) in [6, 6.07) is 19.9. The van der Waals surface area contributed by atoms with E-state index in [9.17, 15) is 39.2 Å². The number of carbonyl (C=O) groups excluding carboxylic acids is 1. The van der Waals surface area contributed by atoms with Crippen LogP contribution in [0.2, 0.25) is 0 Å². The second-order valence-corrected chi connectivity index (χ2v) is 12.1. The van der Waals surface area contributed by atoms with Crippen molar-refractivity contribution in [1.82, 2.24) is 0 Å². The van der Waals surface area contributed by atoms with E-state index in [4.69, 9.17) is 0 Å². The Kier molecular flexibility index (Phi) is 8.35. The average Bonchev–Trinajstić information content (AvgIpc) is 2.93. The number of alkyl halides is 3. The van der Waals surface area contributed by atoms with E-state index in [2.05, 4.69) is 10.0 Å². The first-order valence-electron chi connectivity index (χ1n) is 11.7. The third-order valence-electron chi connectivity index (χ3n) is 5.62. The first-order chi connectivity index (χ1) is 19.3. The predicted molar refractivity (Wildman–Crippen MR) is 145 cm³/mol. The number of benzene rings is 4. The topological polar surface area (TPSA) is 113 Å². The number of sulfonamides is 2. The van der Waals surface area contributed by atoms with E-state index in [1.54, 1.807) is 6.07 Å². The van der Waals surface area contributed by atoms with Gasteiger partial charge in [0.1, 0.15) is 12.4 Å². The molecule has 0 spiro atoms. The Labute approximate surface area is 233 Å². The Hall–Kier alpha value is -4.43. The molecule has 0 aromatic heterocycles. The molecule has 0 aliphatic rings. The van der Waals surface area contributed by atoms with Crippen molar-refractivity contribution in [2.24, 2.45) is 0 Å². The molecule has 4 rings (SSSR count). The smallest absolute Gasteiger partial charge is 0.325 e. The third kappa shape index (κ3) is 7.21. The van der Waals surface area contributed by atoms with Gasteiger partial charge in [-0.05, 0) is 78.9 Å². The molecule has 0 atom stereocenters. The Bertz CT molecular complexity index is 1750. The number of carbonyl (C=O) groups is 1. The van der Waals surface area contributed by atoms with Gasteiger partial charge in [-0.1, -0.05) is 24.3 Å². The van der Waals surface area contributed by atoms with E-state index in [0.29, 0.717) is 10.4 Å². The van der Waals surface area contributed by atoms with Crippen molar-refractivity contribution in [3.05, 3.63) is 115 Å². The summed E-state index contributed by atoms with van der Waals surface area (Å²) in [6.45, 7) is -0.884. The van der Waals surface area contributed by atoms with Gasteiger partial charge in [-0.25, -0.2) is 21.2 Å². The van der Waals surface area contributed by atoms with Gasteiger partial charge in [-0.2, -0.15) is 13.2 Å². The lowest BCUT2D eigenvalue weighted by Crippen LogP contribution is -2.38. The van der Waals surface area contributed by atoms with E-state index in [1.807, 2.05) is 0 Å². The minimum absolute atomic E-state index is 0.0943. The molecule has 0 bridgehead atoms. The van der Waals surface area contributed by atoms with Gasteiger partial charge in [0.15, 0.2) is 0 Å². The number of anilines is 3. The van der Waals surface area contributed by atoms with E-state index < -0.39 is 50.1 Å². The van der Waals surface area contributed by atoms with Crippen LogP contribution in [-0.4, -0.2) is 29.3 Å². The van der Waals surface area contributed by atoms with Crippen molar-refractivity contribution >= 4 is 43.0 Å². The summed E-state index contributed by atoms with van der Waals surface area (Å²) in [4.78, 5) is 12.5. The molecular weight excluding hydrogens is 586 g/mol. The van der Waals surface area contributed by atoms with Crippen LogP contribution in [0.3, 0.4) is 0 Å². The molecule has 0 radical (unpaired) electrons. The molecule has 4 aromatic rings. The number of hydrogen-bond acceptors (Lipinski definition) is 5. The fourth-order valence-corrected chi connectivity index (χ4v) is 6.14. The molecule has 4 aromatic carbocycles. The number of hydrogen-bond donors (Lipinski definition) is 2. The highest BCUT2D eigenvalue weighted by molar-refractivity contribution is 7.93. The molecule has 214 valence electrons. The van der Waals surface area contributed by atoms with Gasteiger partial charge in [0.05, 0.1) is 21.0 Å². The second kappa shape index (κ2) is 11.6. The maximum atomic E-state index is 13.4. The molecule has 1 amide bonds. The fourth-order valence-electron chi connectivity index (χ4n) is 3.65. The van der Waals surface area contributed by atoms with Crippen molar-refractivity contribution in [3.63, 3.8) is 0 Å². The summed E-state index contributed by atoms with van der Waals surface area (Å²) in [5, 5.41) is 2.42. The molecule has 0 aliphatic carbocycles. The zero-order chi connectivity index (χ0) is 29.8. The zero-order valence-electron chi connectivity index (χ0n) is 20.8. The highest BCUT2D eigenvalue weighted by Crippen LogP contribution is 2.33. The maximum Gasteiger partial charge on any atom is 0.416 e. The molecular formula is C27H21F4N3O5S2. The molecule has 0 unspecified atom stereocenters. The van der Waals surface area contributed by atoms with Gasteiger partial charge in [0.25, 0.3) is 20.0 Å². The summed E-state index contributed by atoms with van der Waals surface area (Å²) in [7, 11) is -8.53. The molecule has 8 nitrogen and oxygen atoms in total. The Morgan fingerprint density at radius 1 is 0.732 bits per heavy atom. The average molecular weight is 608 g/mol. The lowest BCUT2D eigenvalue weighted by Gasteiger charge is -2.25. The number of nitrogens with zero attached hydrogens (tertiary/aromatic N) is 1. The Morgan fingerprint density at radius 3 is 1.95 bits per heavy atom. The van der Waals surface area contributed by atoms with Gasteiger partial charge in [-0.15, -0.1) is 0 Å². The van der Waals surface area contributed by atoms with Crippen LogP contribution in [0.5, 0.6) is 0 Å². The maximum absolute atomic E-state index is 13.4. The van der Waals surface area contributed by atoms with E-state index in [1.165, 1.54) is 60.7 Å². The van der Waals surface area contributed by atoms with Gasteiger partial charge in [0, 0.05) is 11.4 Å². The van der Waals surface area contributed by atoms with Crippen molar-refractivity contribution in [3.8, 4) is 0 Å². The van der Waals surface area contributed by atoms with Crippen molar-refractivity contribution in [1.29, 1.82) is 0 Å². The van der Waals surface area contributed by atoms with Crippen LogP contribution in [0, 0.1) is 5.82 Å². The second-order valence-electron chi connectivity index (χ2n) is 8.56. The molecule has 2 N–H and O–H groups in total. The zero-order valence-corrected chi connectivity index (χ0v) is 22.5. The van der Waals surface area contributed by atoms with Crippen molar-refractivity contribution < 1.29 is 39.2 Å².